The van der Waals surface area contributed by atoms with Crippen molar-refractivity contribution in [3.8, 4) is 0 Å². The molecule has 2 atom stereocenters. The Balaban J connectivity index is 1.75. The third-order valence-corrected chi connectivity index (χ3v) is 3.54. The largest absolute Gasteiger partial charge is 0.363 e. The molecular weight excluding hydrogens is 176 g/mol. The van der Waals surface area contributed by atoms with Gasteiger partial charge in [0.25, 0.3) is 0 Å². The molecule has 0 aromatic carbocycles. The summed E-state index contributed by atoms with van der Waals surface area (Å²) in [6.07, 6.45) is 12.5. The van der Waals surface area contributed by atoms with Crippen LogP contribution in [0.25, 0.3) is 0 Å². The summed E-state index contributed by atoms with van der Waals surface area (Å²) >= 11 is 0. The fourth-order valence-corrected chi connectivity index (χ4v) is 2.49. The van der Waals surface area contributed by atoms with Crippen LogP contribution in [0.4, 0.5) is 0 Å². The van der Waals surface area contributed by atoms with Crippen LogP contribution in [0.2, 0.25) is 0 Å². The molecule has 0 aromatic rings. The van der Waals surface area contributed by atoms with Crippen LogP contribution in [0.15, 0.2) is 0 Å². The first-order chi connectivity index (χ1) is 6.81. The van der Waals surface area contributed by atoms with Gasteiger partial charge in [0.05, 0.1) is 0 Å². The zero-order chi connectivity index (χ0) is 9.86. The maximum absolute atomic E-state index is 9.91. The number of hydrogen-bond acceptors (Lipinski definition) is 2. The first-order valence-electron chi connectivity index (χ1n) is 6.21. The summed E-state index contributed by atoms with van der Waals surface area (Å²) in [6, 6.07) is 0. The van der Waals surface area contributed by atoms with E-state index in [0.717, 1.165) is 19.3 Å². The number of epoxide rings is 1. The SMILES string of the molecule is OC12CCCCCCCCCCC1O2. The van der Waals surface area contributed by atoms with Crippen molar-refractivity contribution in [3.05, 3.63) is 0 Å². The van der Waals surface area contributed by atoms with Crippen molar-refractivity contribution < 1.29 is 9.84 Å². The molecule has 1 aliphatic heterocycles. The Morgan fingerprint density at radius 1 is 0.857 bits per heavy atom. The van der Waals surface area contributed by atoms with Crippen LogP contribution < -0.4 is 0 Å². The van der Waals surface area contributed by atoms with Crippen molar-refractivity contribution in [1.29, 1.82) is 0 Å². The second kappa shape index (κ2) is 4.63. The van der Waals surface area contributed by atoms with Gasteiger partial charge in [0, 0.05) is 6.42 Å². The van der Waals surface area contributed by atoms with E-state index >= 15 is 0 Å². The van der Waals surface area contributed by atoms with Gasteiger partial charge in [0.1, 0.15) is 6.10 Å². The Hall–Kier alpha value is -0.0800. The maximum atomic E-state index is 9.91. The summed E-state index contributed by atoms with van der Waals surface area (Å²) in [5, 5.41) is 9.91. The predicted molar refractivity (Wildman–Crippen MR) is 56.0 cm³/mol. The van der Waals surface area contributed by atoms with Crippen LogP contribution in [-0.4, -0.2) is 17.0 Å². The third kappa shape index (κ3) is 2.71. The first-order valence-corrected chi connectivity index (χ1v) is 6.21. The van der Waals surface area contributed by atoms with Crippen molar-refractivity contribution in [3.63, 3.8) is 0 Å². The molecule has 2 unspecified atom stereocenters. The van der Waals surface area contributed by atoms with Gasteiger partial charge < -0.3 is 9.84 Å². The third-order valence-electron chi connectivity index (χ3n) is 3.54. The molecule has 2 heteroatoms. The molecular formula is C12H22O2. The second-order valence-corrected chi connectivity index (χ2v) is 4.82. The van der Waals surface area contributed by atoms with Crippen LogP contribution in [0.1, 0.15) is 64.2 Å². The maximum Gasteiger partial charge on any atom is 0.192 e. The molecule has 14 heavy (non-hydrogen) atoms. The molecule has 82 valence electrons. The van der Waals surface area contributed by atoms with E-state index in [2.05, 4.69) is 0 Å². The predicted octanol–water partition coefficient (Wildman–Crippen LogP) is 2.99. The summed E-state index contributed by atoms with van der Waals surface area (Å²) in [4.78, 5) is 0. The molecule has 0 spiro atoms. The molecule has 1 heterocycles. The molecule has 2 nitrogen and oxygen atoms in total. The quantitative estimate of drug-likeness (QED) is 0.607. The van der Waals surface area contributed by atoms with Crippen molar-refractivity contribution in [1.82, 2.24) is 0 Å². The average Bonchev–Trinajstić information content (AvgIpc) is 2.78. The van der Waals surface area contributed by atoms with Gasteiger partial charge in [-0.25, -0.2) is 0 Å². The summed E-state index contributed by atoms with van der Waals surface area (Å²) in [5.41, 5.74) is 0. The number of rotatable bonds is 0. The van der Waals surface area contributed by atoms with E-state index in [0.29, 0.717) is 0 Å². The van der Waals surface area contributed by atoms with Gasteiger partial charge in [0.15, 0.2) is 5.79 Å². The smallest absolute Gasteiger partial charge is 0.192 e. The number of aliphatic hydroxyl groups is 1. The molecule has 1 aliphatic carbocycles. The zero-order valence-corrected chi connectivity index (χ0v) is 9.00. The monoisotopic (exact) mass is 198 g/mol. The minimum atomic E-state index is -0.709. The van der Waals surface area contributed by atoms with Gasteiger partial charge in [-0.2, -0.15) is 0 Å². The summed E-state index contributed by atoms with van der Waals surface area (Å²) in [5.74, 6) is -0.709. The summed E-state index contributed by atoms with van der Waals surface area (Å²) < 4.78 is 5.37. The normalized spacial score (nSPS) is 40.5. The van der Waals surface area contributed by atoms with Crippen molar-refractivity contribution in [2.75, 3.05) is 0 Å². The van der Waals surface area contributed by atoms with Crippen LogP contribution in [0, 0.1) is 0 Å². The molecule has 0 amide bonds. The Kier molecular flexibility index (Phi) is 3.45. The highest BCUT2D eigenvalue weighted by Gasteiger charge is 2.53. The first kappa shape index (κ1) is 10.4. The van der Waals surface area contributed by atoms with Gasteiger partial charge in [-0.15, -0.1) is 0 Å². The summed E-state index contributed by atoms with van der Waals surface area (Å²) in [7, 11) is 0. The van der Waals surface area contributed by atoms with E-state index in [1.54, 1.807) is 0 Å². The Bertz CT molecular complexity index is 181. The zero-order valence-electron chi connectivity index (χ0n) is 9.00. The topological polar surface area (TPSA) is 32.8 Å². The van der Waals surface area contributed by atoms with Crippen molar-refractivity contribution in [2.45, 2.75) is 76.1 Å². The van der Waals surface area contributed by atoms with Crippen LogP contribution >= 0.6 is 0 Å². The highest BCUT2D eigenvalue weighted by Crippen LogP contribution is 2.41. The van der Waals surface area contributed by atoms with Gasteiger partial charge in [0.2, 0.25) is 0 Å². The standard InChI is InChI=1S/C12H22O2/c13-12-10-8-6-4-2-1-3-5-7-9-11(12)14-12/h11,13H,1-10H2. The Labute approximate surface area is 86.6 Å². The van der Waals surface area contributed by atoms with E-state index in [1.807, 2.05) is 0 Å². The lowest BCUT2D eigenvalue weighted by atomic mass is 10.00. The lowest BCUT2D eigenvalue weighted by Crippen LogP contribution is -2.14. The second-order valence-electron chi connectivity index (χ2n) is 4.82. The lowest BCUT2D eigenvalue weighted by molar-refractivity contribution is 0.0263. The molecule has 0 radical (unpaired) electrons. The highest BCUT2D eigenvalue weighted by molar-refractivity contribution is 4.92. The molecule has 1 saturated carbocycles. The minimum absolute atomic E-state index is 0.168. The molecule has 2 rings (SSSR count). The van der Waals surface area contributed by atoms with Crippen molar-refractivity contribution >= 4 is 0 Å². The fraction of sp³-hybridized carbons (Fsp3) is 1.00. The van der Waals surface area contributed by atoms with E-state index in [4.69, 9.17) is 4.74 Å². The Morgan fingerprint density at radius 2 is 1.43 bits per heavy atom. The van der Waals surface area contributed by atoms with E-state index < -0.39 is 5.79 Å². The number of hydrogen-bond donors (Lipinski definition) is 1. The molecule has 1 saturated heterocycles. The van der Waals surface area contributed by atoms with Gasteiger partial charge in [-0.05, 0) is 12.8 Å². The van der Waals surface area contributed by atoms with E-state index in [-0.39, 0.29) is 6.10 Å². The van der Waals surface area contributed by atoms with E-state index in [9.17, 15) is 5.11 Å². The minimum Gasteiger partial charge on any atom is -0.363 e. The number of fused-ring (bicyclic) bond motifs is 1. The molecule has 2 fully saturated rings. The molecule has 0 aromatic heterocycles. The molecule has 1 N–H and O–H groups in total. The summed E-state index contributed by atoms with van der Waals surface area (Å²) in [6.45, 7) is 0. The molecule has 0 bridgehead atoms. The van der Waals surface area contributed by atoms with Gasteiger partial charge in [-0.1, -0.05) is 44.9 Å². The van der Waals surface area contributed by atoms with Crippen LogP contribution in [-0.2, 0) is 4.74 Å². The van der Waals surface area contributed by atoms with Crippen molar-refractivity contribution in [2.24, 2.45) is 0 Å². The van der Waals surface area contributed by atoms with E-state index in [1.165, 1.54) is 44.9 Å². The number of ether oxygens (including phenoxy) is 1. The van der Waals surface area contributed by atoms with Gasteiger partial charge in [-0.3, -0.25) is 0 Å². The molecule has 2 aliphatic rings. The van der Waals surface area contributed by atoms with Crippen LogP contribution in [0.5, 0.6) is 0 Å². The fourth-order valence-electron chi connectivity index (χ4n) is 2.49. The lowest BCUT2D eigenvalue weighted by Gasteiger charge is -2.07. The Morgan fingerprint density at radius 3 is 2.14 bits per heavy atom. The van der Waals surface area contributed by atoms with Crippen LogP contribution in [0.3, 0.4) is 0 Å². The van der Waals surface area contributed by atoms with Gasteiger partial charge >= 0.3 is 0 Å². The average molecular weight is 198 g/mol. The highest BCUT2D eigenvalue weighted by atomic mass is 16.7.